The number of nitrogens with zero attached hydrogens (tertiary/aromatic N) is 2. The zero-order valence-electron chi connectivity index (χ0n) is 14.3. The van der Waals surface area contributed by atoms with Gasteiger partial charge in [-0.2, -0.15) is 4.99 Å². The number of aliphatic imine (C=N–C) groups is 1. The van der Waals surface area contributed by atoms with Crippen LogP contribution in [-0.2, 0) is 14.6 Å². The molecule has 0 aliphatic carbocycles. The monoisotopic (exact) mass is 380 g/mol. The van der Waals surface area contributed by atoms with E-state index < -0.39 is 9.84 Å². The minimum Gasteiger partial charge on any atom is -0.316 e. The van der Waals surface area contributed by atoms with Crippen molar-refractivity contribution in [3.63, 3.8) is 0 Å². The smallest absolute Gasteiger partial charge is 0.250 e. The Balaban J connectivity index is 2.00. The second-order valence-electron chi connectivity index (χ2n) is 6.66. The highest BCUT2D eigenvalue weighted by atomic mass is 32.2. The van der Waals surface area contributed by atoms with Crippen molar-refractivity contribution in [1.29, 1.82) is 0 Å². The van der Waals surface area contributed by atoms with Crippen molar-refractivity contribution in [3.05, 3.63) is 29.8 Å². The predicted molar refractivity (Wildman–Crippen MR) is 100 cm³/mol. The molecule has 0 radical (unpaired) electrons. The molecule has 134 valence electrons. The molecule has 3 rings (SSSR count). The van der Waals surface area contributed by atoms with Crippen molar-refractivity contribution in [2.24, 2.45) is 10.9 Å². The Morgan fingerprint density at radius 3 is 2.40 bits per heavy atom. The maximum absolute atomic E-state index is 12.1. The summed E-state index contributed by atoms with van der Waals surface area (Å²) in [4.78, 5) is 29.6. The van der Waals surface area contributed by atoms with Gasteiger partial charge in [0.2, 0.25) is 0 Å². The van der Waals surface area contributed by atoms with Crippen molar-refractivity contribution in [3.8, 4) is 0 Å². The second-order valence-corrected chi connectivity index (χ2v) is 10.0. The van der Waals surface area contributed by atoms with Crippen molar-refractivity contribution in [2.45, 2.75) is 32.1 Å². The minimum absolute atomic E-state index is 0.0347. The number of carbonyl (C=O) groups is 2. The van der Waals surface area contributed by atoms with Crippen LogP contribution in [-0.4, -0.2) is 48.1 Å². The van der Waals surface area contributed by atoms with Crippen LogP contribution in [0.15, 0.2) is 29.3 Å². The SMILES string of the molecule is CC(=O)c1ccc(N2C(=NC(=O)C(C)C)S[C@@H]3CS(=O)(=O)C[C@@H]32)cc1. The van der Waals surface area contributed by atoms with Gasteiger partial charge in [0.05, 0.1) is 17.5 Å². The van der Waals surface area contributed by atoms with E-state index in [4.69, 9.17) is 0 Å². The fourth-order valence-corrected chi connectivity index (χ4v) is 6.87. The van der Waals surface area contributed by atoms with Gasteiger partial charge in [-0.3, -0.25) is 9.59 Å². The molecule has 25 heavy (non-hydrogen) atoms. The summed E-state index contributed by atoms with van der Waals surface area (Å²) < 4.78 is 24.0. The molecule has 2 aliphatic heterocycles. The van der Waals surface area contributed by atoms with E-state index in [2.05, 4.69) is 4.99 Å². The molecule has 2 atom stereocenters. The van der Waals surface area contributed by atoms with Crippen LogP contribution in [0.2, 0.25) is 0 Å². The third-order valence-corrected chi connectivity index (χ3v) is 7.53. The maximum Gasteiger partial charge on any atom is 0.250 e. The van der Waals surface area contributed by atoms with Crippen LogP contribution in [0.25, 0.3) is 0 Å². The Morgan fingerprint density at radius 1 is 1.20 bits per heavy atom. The van der Waals surface area contributed by atoms with E-state index in [1.54, 1.807) is 38.1 Å². The molecule has 0 aromatic heterocycles. The van der Waals surface area contributed by atoms with Gasteiger partial charge in [-0.15, -0.1) is 0 Å². The Bertz CT molecular complexity index is 844. The molecular weight excluding hydrogens is 360 g/mol. The van der Waals surface area contributed by atoms with E-state index in [1.165, 1.54) is 18.7 Å². The summed E-state index contributed by atoms with van der Waals surface area (Å²) >= 11 is 1.35. The van der Waals surface area contributed by atoms with Crippen LogP contribution >= 0.6 is 11.8 Å². The van der Waals surface area contributed by atoms with Gasteiger partial charge in [-0.05, 0) is 31.2 Å². The number of thioether (sulfide) groups is 1. The van der Waals surface area contributed by atoms with E-state index >= 15 is 0 Å². The average molecular weight is 380 g/mol. The molecule has 1 amide bonds. The summed E-state index contributed by atoms with van der Waals surface area (Å²) in [6.45, 7) is 5.06. The number of carbonyl (C=O) groups excluding carboxylic acids is 2. The highest BCUT2D eigenvalue weighted by molar-refractivity contribution is 8.16. The number of fused-ring (bicyclic) bond motifs is 1. The number of amidine groups is 1. The van der Waals surface area contributed by atoms with Gasteiger partial charge in [-0.25, -0.2) is 8.42 Å². The van der Waals surface area contributed by atoms with Gasteiger partial charge in [0.25, 0.3) is 5.91 Å². The summed E-state index contributed by atoms with van der Waals surface area (Å²) in [7, 11) is -3.09. The number of ketones is 1. The fourth-order valence-electron chi connectivity index (χ4n) is 2.95. The molecule has 2 aliphatic rings. The fraction of sp³-hybridized carbons (Fsp3) is 0.471. The van der Waals surface area contributed by atoms with Crippen molar-refractivity contribution in [1.82, 2.24) is 0 Å². The quantitative estimate of drug-likeness (QED) is 0.747. The van der Waals surface area contributed by atoms with E-state index in [0.717, 1.165) is 5.69 Å². The number of benzene rings is 1. The molecule has 6 nitrogen and oxygen atoms in total. The normalized spacial score (nSPS) is 26.2. The van der Waals surface area contributed by atoms with Gasteiger partial charge in [-0.1, -0.05) is 25.6 Å². The second kappa shape index (κ2) is 6.57. The molecule has 0 bridgehead atoms. The molecule has 1 aromatic carbocycles. The number of hydrogen-bond acceptors (Lipinski definition) is 5. The van der Waals surface area contributed by atoms with Gasteiger partial charge in [0.15, 0.2) is 20.8 Å². The summed E-state index contributed by atoms with van der Waals surface area (Å²) in [6.07, 6.45) is 0. The zero-order valence-corrected chi connectivity index (χ0v) is 15.9. The van der Waals surface area contributed by atoms with E-state index in [9.17, 15) is 18.0 Å². The Morgan fingerprint density at radius 2 is 1.84 bits per heavy atom. The van der Waals surface area contributed by atoms with Crippen LogP contribution in [0.3, 0.4) is 0 Å². The van der Waals surface area contributed by atoms with Gasteiger partial charge >= 0.3 is 0 Å². The largest absolute Gasteiger partial charge is 0.316 e. The number of Topliss-reactive ketones (excluding diaryl/α,β-unsaturated/α-hetero) is 1. The summed E-state index contributed by atoms with van der Waals surface area (Å²) in [5.41, 5.74) is 1.33. The van der Waals surface area contributed by atoms with Crippen molar-refractivity contribution < 1.29 is 18.0 Å². The summed E-state index contributed by atoms with van der Waals surface area (Å²) in [6, 6.07) is 6.74. The zero-order chi connectivity index (χ0) is 18.4. The topological polar surface area (TPSA) is 83.9 Å². The number of rotatable bonds is 3. The molecular formula is C17H20N2O4S2. The van der Waals surface area contributed by atoms with Crippen molar-refractivity contribution in [2.75, 3.05) is 16.4 Å². The lowest BCUT2D eigenvalue weighted by Gasteiger charge is -2.24. The molecule has 0 saturated carbocycles. The van der Waals surface area contributed by atoms with E-state index in [-0.39, 0.29) is 40.4 Å². The predicted octanol–water partition coefficient (Wildman–Crippen LogP) is 2.15. The molecule has 0 unspecified atom stereocenters. The third-order valence-electron chi connectivity index (χ3n) is 4.32. The lowest BCUT2D eigenvalue weighted by Crippen LogP contribution is -2.37. The Kier molecular flexibility index (Phi) is 4.76. The number of amides is 1. The Hall–Kier alpha value is -1.67. The van der Waals surface area contributed by atoms with Crippen molar-refractivity contribution >= 4 is 44.1 Å². The summed E-state index contributed by atoms with van der Waals surface area (Å²) in [5, 5.41) is 0.412. The van der Waals surface area contributed by atoms with Crippen LogP contribution in [0.5, 0.6) is 0 Å². The molecule has 1 aromatic rings. The molecule has 0 spiro atoms. The van der Waals surface area contributed by atoms with Crippen LogP contribution in [0.4, 0.5) is 5.69 Å². The van der Waals surface area contributed by atoms with Crippen LogP contribution < -0.4 is 4.90 Å². The third kappa shape index (κ3) is 3.64. The van der Waals surface area contributed by atoms with Gasteiger partial charge < -0.3 is 4.90 Å². The average Bonchev–Trinajstić information content (AvgIpc) is 2.98. The Labute approximate surface area is 151 Å². The lowest BCUT2D eigenvalue weighted by atomic mass is 10.1. The van der Waals surface area contributed by atoms with Crippen LogP contribution in [0, 0.1) is 5.92 Å². The minimum atomic E-state index is -3.09. The highest BCUT2D eigenvalue weighted by Gasteiger charge is 2.49. The first-order valence-electron chi connectivity index (χ1n) is 8.08. The lowest BCUT2D eigenvalue weighted by molar-refractivity contribution is -0.120. The standard InChI is InChI=1S/C17H20N2O4S2/c1-10(2)16(21)18-17-19(13-6-4-12(5-7-13)11(3)20)14-8-25(22,23)9-15(14)24-17/h4-7,10,14-15H,8-9H2,1-3H3/t14-,15+/m0/s1. The number of anilines is 1. The first-order valence-corrected chi connectivity index (χ1v) is 10.8. The van der Waals surface area contributed by atoms with Gasteiger partial charge in [0, 0.05) is 22.4 Å². The van der Waals surface area contributed by atoms with E-state index in [0.29, 0.717) is 10.7 Å². The number of hydrogen-bond donors (Lipinski definition) is 0. The molecule has 2 fully saturated rings. The summed E-state index contributed by atoms with van der Waals surface area (Å²) in [5.74, 6) is -0.338. The highest BCUT2D eigenvalue weighted by Crippen LogP contribution is 2.41. The molecule has 0 N–H and O–H groups in total. The van der Waals surface area contributed by atoms with E-state index in [1.807, 2.05) is 4.90 Å². The maximum atomic E-state index is 12.1. The van der Waals surface area contributed by atoms with Gasteiger partial charge in [0.1, 0.15) is 0 Å². The first-order chi connectivity index (χ1) is 11.7. The van der Waals surface area contributed by atoms with Crippen LogP contribution in [0.1, 0.15) is 31.1 Å². The molecule has 2 saturated heterocycles. The molecule has 2 heterocycles. The molecule has 8 heteroatoms. The number of sulfone groups is 1. The first kappa shape index (κ1) is 18.1.